The molecule has 0 fully saturated rings. The van der Waals surface area contributed by atoms with Gasteiger partial charge in [-0.05, 0) is 48.4 Å². The van der Waals surface area contributed by atoms with Crippen LogP contribution in [0.25, 0.3) is 0 Å². The predicted molar refractivity (Wildman–Crippen MR) is 125 cm³/mol. The third kappa shape index (κ3) is 4.28. The number of methoxy groups -OCH3 is 1. The number of hydrogen-bond acceptors (Lipinski definition) is 4. The lowest BCUT2D eigenvalue weighted by Gasteiger charge is -2.22. The molecule has 6 nitrogen and oxygen atoms in total. The van der Waals surface area contributed by atoms with E-state index in [0.717, 1.165) is 5.56 Å². The summed E-state index contributed by atoms with van der Waals surface area (Å²) in [4.78, 5) is 14.5. The molecule has 0 unspecified atom stereocenters. The van der Waals surface area contributed by atoms with Crippen molar-refractivity contribution in [2.45, 2.75) is 17.9 Å². The standard InChI is InChI=1S/C24H22ClFN2O4S/c1-27(15-19-20(25)7-5-8-21(19)26)24(29)18-14-17(10-11-23(18)32-2)33(30,31)28-13-12-16-6-3-4-9-22(16)28/h3-11,14H,12-13,15H2,1-2H3. The number of sulfonamides is 1. The highest BCUT2D eigenvalue weighted by atomic mass is 35.5. The van der Waals surface area contributed by atoms with Crippen molar-refractivity contribution in [1.29, 1.82) is 0 Å². The van der Waals surface area contributed by atoms with Gasteiger partial charge in [0.05, 0.1) is 23.3 Å². The smallest absolute Gasteiger partial charge is 0.264 e. The van der Waals surface area contributed by atoms with Gasteiger partial charge in [0, 0.05) is 30.7 Å². The molecule has 9 heteroatoms. The maximum absolute atomic E-state index is 14.2. The van der Waals surface area contributed by atoms with Gasteiger partial charge in [0.25, 0.3) is 15.9 Å². The molecule has 4 rings (SSSR count). The summed E-state index contributed by atoms with van der Waals surface area (Å²) in [6.07, 6.45) is 0.615. The van der Waals surface area contributed by atoms with E-state index < -0.39 is 21.7 Å². The van der Waals surface area contributed by atoms with E-state index in [4.69, 9.17) is 16.3 Å². The van der Waals surface area contributed by atoms with Gasteiger partial charge in [-0.3, -0.25) is 9.10 Å². The quantitative estimate of drug-likeness (QED) is 0.512. The monoisotopic (exact) mass is 488 g/mol. The molecule has 0 bridgehead atoms. The fraction of sp³-hybridized carbons (Fsp3) is 0.208. The summed E-state index contributed by atoms with van der Waals surface area (Å²) < 4.78 is 47.7. The van der Waals surface area contributed by atoms with Crippen LogP contribution >= 0.6 is 11.6 Å². The summed E-state index contributed by atoms with van der Waals surface area (Å²) in [5, 5.41) is 0.200. The molecule has 0 spiro atoms. The summed E-state index contributed by atoms with van der Waals surface area (Å²) in [5.41, 5.74) is 1.81. The molecule has 0 atom stereocenters. The molecule has 1 aliphatic heterocycles. The zero-order chi connectivity index (χ0) is 23.8. The fourth-order valence-corrected chi connectivity index (χ4v) is 5.65. The van der Waals surface area contributed by atoms with Gasteiger partial charge in [-0.25, -0.2) is 12.8 Å². The Kier molecular flexibility index (Phi) is 6.32. The molecule has 0 N–H and O–H groups in total. The van der Waals surface area contributed by atoms with E-state index in [2.05, 4.69) is 0 Å². The highest BCUT2D eigenvalue weighted by Gasteiger charge is 2.32. The number of halogens is 2. The molecule has 1 heterocycles. The van der Waals surface area contributed by atoms with Gasteiger partial charge in [0.1, 0.15) is 11.6 Å². The molecule has 33 heavy (non-hydrogen) atoms. The van der Waals surface area contributed by atoms with E-state index in [-0.39, 0.29) is 33.3 Å². The Morgan fingerprint density at radius 1 is 1.15 bits per heavy atom. The van der Waals surface area contributed by atoms with Crippen molar-refractivity contribution < 1.29 is 22.3 Å². The Balaban J connectivity index is 1.68. The molecule has 0 saturated heterocycles. The first-order chi connectivity index (χ1) is 15.7. The van der Waals surface area contributed by atoms with E-state index in [1.165, 1.54) is 53.7 Å². The lowest BCUT2D eigenvalue weighted by molar-refractivity contribution is 0.0780. The summed E-state index contributed by atoms with van der Waals surface area (Å²) in [7, 11) is -1.02. The van der Waals surface area contributed by atoms with Crippen LogP contribution in [0.5, 0.6) is 5.75 Å². The van der Waals surface area contributed by atoms with Gasteiger partial charge in [0.2, 0.25) is 0 Å². The minimum Gasteiger partial charge on any atom is -0.496 e. The van der Waals surface area contributed by atoms with Crippen LogP contribution in [0.2, 0.25) is 5.02 Å². The molecule has 1 aliphatic rings. The summed E-state index contributed by atoms with van der Waals surface area (Å²) in [5.74, 6) is -0.838. The summed E-state index contributed by atoms with van der Waals surface area (Å²) in [6.45, 7) is 0.229. The third-order valence-corrected chi connectivity index (χ3v) is 7.80. The number of hydrogen-bond donors (Lipinski definition) is 0. The topological polar surface area (TPSA) is 66.9 Å². The molecule has 172 valence electrons. The van der Waals surface area contributed by atoms with Gasteiger partial charge in [-0.2, -0.15) is 0 Å². The van der Waals surface area contributed by atoms with Crippen molar-refractivity contribution in [2.75, 3.05) is 25.0 Å². The first-order valence-electron chi connectivity index (χ1n) is 10.2. The van der Waals surface area contributed by atoms with E-state index in [9.17, 15) is 17.6 Å². The zero-order valence-electron chi connectivity index (χ0n) is 18.1. The van der Waals surface area contributed by atoms with E-state index >= 15 is 0 Å². The van der Waals surface area contributed by atoms with Crippen molar-refractivity contribution in [2.24, 2.45) is 0 Å². The van der Waals surface area contributed by atoms with Crippen molar-refractivity contribution in [1.82, 2.24) is 4.90 Å². The molecule has 0 aromatic heterocycles. The number of rotatable bonds is 6. The van der Waals surface area contributed by atoms with Crippen LogP contribution in [-0.4, -0.2) is 39.9 Å². The zero-order valence-corrected chi connectivity index (χ0v) is 19.7. The van der Waals surface area contributed by atoms with Crippen LogP contribution < -0.4 is 9.04 Å². The second kappa shape index (κ2) is 9.03. The molecular weight excluding hydrogens is 467 g/mol. The molecule has 1 amide bonds. The number of ether oxygens (including phenoxy) is 1. The first-order valence-corrected chi connectivity index (χ1v) is 12.0. The van der Waals surface area contributed by atoms with Gasteiger partial charge in [-0.1, -0.05) is 35.9 Å². The lowest BCUT2D eigenvalue weighted by Crippen LogP contribution is -2.30. The van der Waals surface area contributed by atoms with Crippen LogP contribution in [0.4, 0.5) is 10.1 Å². The van der Waals surface area contributed by atoms with Crippen LogP contribution in [0, 0.1) is 5.82 Å². The van der Waals surface area contributed by atoms with Crippen molar-refractivity contribution in [3.63, 3.8) is 0 Å². The summed E-state index contributed by atoms with van der Waals surface area (Å²) in [6, 6.07) is 15.8. The van der Waals surface area contributed by atoms with Crippen molar-refractivity contribution >= 4 is 33.2 Å². The summed E-state index contributed by atoms with van der Waals surface area (Å²) >= 11 is 6.09. The van der Waals surface area contributed by atoms with Gasteiger partial charge in [-0.15, -0.1) is 0 Å². The Morgan fingerprint density at radius 2 is 1.91 bits per heavy atom. The molecule has 0 radical (unpaired) electrons. The average Bonchev–Trinajstić information content (AvgIpc) is 3.25. The van der Waals surface area contributed by atoms with E-state index in [0.29, 0.717) is 18.7 Å². The van der Waals surface area contributed by atoms with Gasteiger partial charge >= 0.3 is 0 Å². The Bertz CT molecular complexity index is 1310. The number of fused-ring (bicyclic) bond motifs is 1. The number of anilines is 1. The molecular formula is C24H22ClFN2O4S. The van der Waals surface area contributed by atoms with Crippen LogP contribution in [-0.2, 0) is 23.0 Å². The highest BCUT2D eigenvalue weighted by Crippen LogP contribution is 2.34. The lowest BCUT2D eigenvalue weighted by atomic mass is 10.1. The number of amides is 1. The van der Waals surface area contributed by atoms with E-state index in [1.54, 1.807) is 18.2 Å². The average molecular weight is 489 g/mol. The number of para-hydroxylation sites is 1. The number of carbonyl (C=O) groups is 1. The van der Waals surface area contributed by atoms with Crippen molar-refractivity contribution in [3.05, 3.63) is 88.2 Å². The molecule has 0 aliphatic carbocycles. The second-order valence-electron chi connectivity index (χ2n) is 7.68. The Morgan fingerprint density at radius 3 is 2.64 bits per heavy atom. The predicted octanol–water partition coefficient (Wildman–Crippen LogP) is 4.51. The minimum absolute atomic E-state index is 0.0272. The van der Waals surface area contributed by atoms with Crippen LogP contribution in [0.3, 0.4) is 0 Å². The molecule has 3 aromatic carbocycles. The first kappa shape index (κ1) is 23.1. The number of nitrogens with zero attached hydrogens (tertiary/aromatic N) is 2. The maximum atomic E-state index is 14.2. The van der Waals surface area contributed by atoms with E-state index in [1.807, 2.05) is 12.1 Å². The van der Waals surface area contributed by atoms with Crippen LogP contribution in [0.15, 0.2) is 65.6 Å². The number of benzene rings is 3. The largest absolute Gasteiger partial charge is 0.496 e. The molecule has 0 saturated carbocycles. The normalized spacial score (nSPS) is 13.0. The third-order valence-electron chi connectivity index (χ3n) is 5.64. The number of carbonyl (C=O) groups excluding carboxylic acids is 1. The van der Waals surface area contributed by atoms with Crippen LogP contribution in [0.1, 0.15) is 21.5 Å². The Labute approximate surface area is 197 Å². The fourth-order valence-electron chi connectivity index (χ4n) is 3.90. The SMILES string of the molecule is COc1ccc(S(=O)(=O)N2CCc3ccccc32)cc1C(=O)N(C)Cc1c(F)cccc1Cl. The van der Waals surface area contributed by atoms with Gasteiger partial charge < -0.3 is 9.64 Å². The van der Waals surface area contributed by atoms with Crippen molar-refractivity contribution in [3.8, 4) is 5.75 Å². The minimum atomic E-state index is -3.91. The molecule has 3 aromatic rings. The maximum Gasteiger partial charge on any atom is 0.264 e. The van der Waals surface area contributed by atoms with Gasteiger partial charge in [0.15, 0.2) is 0 Å². The second-order valence-corrected chi connectivity index (χ2v) is 9.95. The highest BCUT2D eigenvalue weighted by molar-refractivity contribution is 7.92. The Hall–Kier alpha value is -3.10.